The number of anilines is 1. The Morgan fingerprint density at radius 3 is 2.39 bits per heavy atom. The molecule has 1 aliphatic rings. The van der Waals surface area contributed by atoms with Crippen molar-refractivity contribution >= 4 is 17.3 Å². The maximum atomic E-state index is 12.0. The van der Waals surface area contributed by atoms with Crippen molar-refractivity contribution in [1.29, 1.82) is 0 Å². The van der Waals surface area contributed by atoms with Crippen LogP contribution >= 0.6 is 0 Å². The molecule has 3 N–H and O–H groups in total. The van der Waals surface area contributed by atoms with Gasteiger partial charge in [0.25, 0.3) is 0 Å². The minimum Gasteiger partial charge on any atom is -0.504 e. The van der Waals surface area contributed by atoms with Crippen LogP contribution in [0.1, 0.15) is 20.7 Å². The molecule has 0 fully saturated rings. The van der Waals surface area contributed by atoms with Gasteiger partial charge in [-0.1, -0.05) is 0 Å². The van der Waals surface area contributed by atoms with Crippen molar-refractivity contribution < 1.29 is 24.2 Å². The molecular weight excluding hydrogens is 238 g/mol. The standard InChI is InChI=1S/C12H11NO5/c1-17-7-3-5(13)9-6(14)4-8(18-2)12(16)10(9)11(7)15/h3-4,15H,13H2,1-2H3. The van der Waals surface area contributed by atoms with Crippen LogP contribution in [0.5, 0.6) is 11.5 Å². The van der Waals surface area contributed by atoms with Crippen molar-refractivity contribution in [2.75, 3.05) is 20.0 Å². The molecule has 0 atom stereocenters. The smallest absolute Gasteiger partial charge is 0.232 e. The number of benzene rings is 1. The second-order valence-corrected chi connectivity index (χ2v) is 3.67. The fourth-order valence-electron chi connectivity index (χ4n) is 1.84. The maximum Gasteiger partial charge on any atom is 0.232 e. The average Bonchev–Trinajstić information content (AvgIpc) is 2.35. The number of aromatic hydroxyl groups is 1. The number of rotatable bonds is 2. The third-order valence-electron chi connectivity index (χ3n) is 2.69. The van der Waals surface area contributed by atoms with Crippen LogP contribution < -0.4 is 10.5 Å². The number of nitrogen functional groups attached to an aromatic ring is 1. The Bertz CT molecular complexity index is 589. The lowest BCUT2D eigenvalue weighted by atomic mass is 9.91. The zero-order valence-corrected chi connectivity index (χ0v) is 9.81. The highest BCUT2D eigenvalue weighted by Crippen LogP contribution is 2.39. The molecule has 6 nitrogen and oxygen atoms in total. The van der Waals surface area contributed by atoms with Gasteiger partial charge in [-0.15, -0.1) is 0 Å². The number of phenols is 1. The van der Waals surface area contributed by atoms with E-state index in [2.05, 4.69) is 0 Å². The molecule has 1 aromatic rings. The number of ether oxygens (including phenoxy) is 2. The summed E-state index contributed by atoms with van der Waals surface area (Å²) in [6.07, 6.45) is 1.05. The highest BCUT2D eigenvalue weighted by atomic mass is 16.5. The lowest BCUT2D eigenvalue weighted by Crippen LogP contribution is -2.20. The Balaban J connectivity index is 2.78. The van der Waals surface area contributed by atoms with Gasteiger partial charge in [0.1, 0.15) is 0 Å². The molecular formula is C12H11NO5. The lowest BCUT2D eigenvalue weighted by molar-refractivity contribution is 0.0913. The summed E-state index contributed by atoms with van der Waals surface area (Å²) < 4.78 is 9.69. The molecule has 0 spiro atoms. The number of carbonyl (C=O) groups is 2. The highest BCUT2D eigenvalue weighted by molar-refractivity contribution is 6.27. The molecule has 2 rings (SSSR count). The van der Waals surface area contributed by atoms with Gasteiger partial charge in [-0.3, -0.25) is 9.59 Å². The van der Waals surface area contributed by atoms with Crippen molar-refractivity contribution in [1.82, 2.24) is 0 Å². The number of hydrogen-bond donors (Lipinski definition) is 2. The zero-order chi connectivity index (χ0) is 13.4. The van der Waals surface area contributed by atoms with Crippen molar-refractivity contribution in [2.24, 2.45) is 0 Å². The first-order chi connectivity index (χ1) is 8.51. The van der Waals surface area contributed by atoms with Gasteiger partial charge >= 0.3 is 0 Å². The van der Waals surface area contributed by atoms with Gasteiger partial charge in [-0.05, 0) is 0 Å². The number of carbonyl (C=O) groups excluding carboxylic acids is 2. The van der Waals surface area contributed by atoms with Crippen molar-refractivity contribution in [3.05, 3.63) is 29.0 Å². The van der Waals surface area contributed by atoms with Crippen LogP contribution in [-0.4, -0.2) is 30.9 Å². The molecule has 0 aliphatic heterocycles. The quantitative estimate of drug-likeness (QED) is 0.596. The van der Waals surface area contributed by atoms with Gasteiger partial charge < -0.3 is 20.3 Å². The predicted molar refractivity (Wildman–Crippen MR) is 62.8 cm³/mol. The molecule has 6 heteroatoms. The number of allylic oxidation sites excluding steroid dienone is 2. The molecule has 0 unspecified atom stereocenters. The fourth-order valence-corrected chi connectivity index (χ4v) is 1.84. The van der Waals surface area contributed by atoms with Gasteiger partial charge in [0.2, 0.25) is 5.78 Å². The Hall–Kier alpha value is -2.50. The number of nitrogens with two attached hydrogens (primary N) is 1. The van der Waals surface area contributed by atoms with Gasteiger partial charge in [-0.2, -0.15) is 0 Å². The minimum atomic E-state index is -0.602. The second kappa shape index (κ2) is 4.06. The maximum absolute atomic E-state index is 12.0. The van der Waals surface area contributed by atoms with Crippen LogP contribution in [0.2, 0.25) is 0 Å². The number of hydrogen-bond acceptors (Lipinski definition) is 6. The summed E-state index contributed by atoms with van der Waals surface area (Å²) in [6.45, 7) is 0. The third-order valence-corrected chi connectivity index (χ3v) is 2.69. The Kier molecular flexibility index (Phi) is 2.70. The van der Waals surface area contributed by atoms with E-state index in [1.807, 2.05) is 0 Å². The number of phenolic OH excluding ortho intramolecular Hbond substituents is 1. The summed E-state index contributed by atoms with van der Waals surface area (Å²) in [5.41, 5.74) is 5.55. The molecule has 1 aliphatic carbocycles. The Labute approximate surface area is 103 Å². The second-order valence-electron chi connectivity index (χ2n) is 3.67. The average molecular weight is 249 g/mol. The van der Waals surface area contributed by atoms with Gasteiger partial charge in [0, 0.05) is 17.8 Å². The molecule has 94 valence electrons. The van der Waals surface area contributed by atoms with Gasteiger partial charge in [0.05, 0.1) is 25.3 Å². The summed E-state index contributed by atoms with van der Waals surface area (Å²) in [6, 6.07) is 1.30. The van der Waals surface area contributed by atoms with Crippen LogP contribution in [0, 0.1) is 0 Å². The number of Topliss-reactive ketones (excluding diaryl/α,β-unsaturated/α-hetero) is 1. The topological polar surface area (TPSA) is 98.8 Å². The normalized spacial score (nSPS) is 14.0. The first kappa shape index (κ1) is 12.0. The largest absolute Gasteiger partial charge is 0.504 e. The molecule has 1 aromatic carbocycles. The van der Waals surface area contributed by atoms with E-state index in [1.165, 1.54) is 20.3 Å². The number of ketones is 2. The van der Waals surface area contributed by atoms with E-state index in [4.69, 9.17) is 15.2 Å². The Morgan fingerprint density at radius 1 is 1.17 bits per heavy atom. The highest BCUT2D eigenvalue weighted by Gasteiger charge is 2.33. The van der Waals surface area contributed by atoms with Crippen LogP contribution in [-0.2, 0) is 4.74 Å². The van der Waals surface area contributed by atoms with E-state index in [0.29, 0.717) is 0 Å². The molecule has 0 saturated carbocycles. The summed E-state index contributed by atoms with van der Waals surface area (Å²) in [4.78, 5) is 23.9. The number of fused-ring (bicyclic) bond motifs is 1. The molecule has 0 aromatic heterocycles. The monoisotopic (exact) mass is 249 g/mol. The SMILES string of the molecule is COC1=CC(=O)c2c(N)cc(OC)c(O)c2C1=O. The van der Waals surface area contributed by atoms with Crippen LogP contribution in [0.4, 0.5) is 5.69 Å². The molecule has 0 bridgehead atoms. The Morgan fingerprint density at radius 2 is 1.83 bits per heavy atom. The van der Waals surface area contributed by atoms with E-state index in [1.54, 1.807) is 0 Å². The van der Waals surface area contributed by atoms with Crippen LogP contribution in [0.3, 0.4) is 0 Å². The zero-order valence-electron chi connectivity index (χ0n) is 9.81. The van der Waals surface area contributed by atoms with E-state index >= 15 is 0 Å². The first-order valence-corrected chi connectivity index (χ1v) is 5.05. The van der Waals surface area contributed by atoms with E-state index in [0.717, 1.165) is 6.08 Å². The van der Waals surface area contributed by atoms with Crippen molar-refractivity contribution in [2.45, 2.75) is 0 Å². The van der Waals surface area contributed by atoms with E-state index in [9.17, 15) is 14.7 Å². The molecule has 0 heterocycles. The summed E-state index contributed by atoms with van der Waals surface area (Å²) in [5.74, 6) is -1.62. The van der Waals surface area contributed by atoms with E-state index < -0.39 is 17.3 Å². The molecule has 0 amide bonds. The predicted octanol–water partition coefficient (Wildman–Crippen LogP) is 0.892. The van der Waals surface area contributed by atoms with Gasteiger partial charge in [-0.25, -0.2) is 0 Å². The lowest BCUT2D eigenvalue weighted by Gasteiger charge is -2.18. The van der Waals surface area contributed by atoms with Crippen LogP contribution in [0.25, 0.3) is 0 Å². The minimum absolute atomic E-state index is 0.0286. The number of methoxy groups -OCH3 is 2. The summed E-state index contributed by atoms with van der Waals surface area (Å²) >= 11 is 0. The van der Waals surface area contributed by atoms with Crippen molar-refractivity contribution in [3.63, 3.8) is 0 Å². The molecule has 0 radical (unpaired) electrons. The summed E-state index contributed by atoms with van der Waals surface area (Å²) in [7, 11) is 2.59. The van der Waals surface area contributed by atoms with Crippen molar-refractivity contribution in [3.8, 4) is 11.5 Å². The first-order valence-electron chi connectivity index (χ1n) is 5.05. The third kappa shape index (κ3) is 1.50. The summed E-state index contributed by atoms with van der Waals surface area (Å²) in [5, 5.41) is 9.92. The molecule has 18 heavy (non-hydrogen) atoms. The molecule has 0 saturated heterocycles. The van der Waals surface area contributed by atoms with Gasteiger partial charge in [0.15, 0.2) is 23.0 Å². The van der Waals surface area contributed by atoms with Crippen LogP contribution in [0.15, 0.2) is 17.9 Å². The fraction of sp³-hybridized carbons (Fsp3) is 0.167. The van der Waals surface area contributed by atoms with E-state index in [-0.39, 0.29) is 28.3 Å².